The Balaban J connectivity index is 1.50. The molecule has 1 aromatic carbocycles. The van der Waals surface area contributed by atoms with E-state index >= 15 is 0 Å². The molecule has 31 heavy (non-hydrogen) atoms. The van der Waals surface area contributed by atoms with E-state index in [2.05, 4.69) is 15.6 Å². The summed E-state index contributed by atoms with van der Waals surface area (Å²) in [5, 5.41) is 6.78. The summed E-state index contributed by atoms with van der Waals surface area (Å²) >= 11 is 13.6. The van der Waals surface area contributed by atoms with Gasteiger partial charge in [-0.3, -0.25) is 14.9 Å². The number of ether oxygens (including phenoxy) is 1. The molecule has 164 valence electrons. The van der Waals surface area contributed by atoms with Crippen LogP contribution in [-0.2, 0) is 16.0 Å². The van der Waals surface area contributed by atoms with Gasteiger partial charge in [0, 0.05) is 0 Å². The number of H-pyrrole nitrogens is 1. The van der Waals surface area contributed by atoms with E-state index in [1.165, 1.54) is 11.3 Å². The van der Waals surface area contributed by atoms with Crippen LogP contribution in [0.25, 0.3) is 10.2 Å². The first-order chi connectivity index (χ1) is 14.6. The van der Waals surface area contributed by atoms with Crippen LogP contribution >= 0.6 is 34.5 Å². The van der Waals surface area contributed by atoms with Crippen molar-refractivity contribution in [2.75, 3.05) is 6.54 Å². The SMILES string of the molecule is CC(C)(C)OC(=O)CN[C@H]1c2ccccc2C[C@H]1NC(=O)c1cc2sc(Cl)c(Cl)c2[nH]1. The number of aromatic amines is 1. The zero-order chi connectivity index (χ0) is 22.3. The molecule has 0 saturated carbocycles. The molecule has 2 heterocycles. The fourth-order valence-corrected chi connectivity index (χ4v) is 5.32. The molecule has 3 aromatic rings. The van der Waals surface area contributed by atoms with E-state index in [-0.39, 0.29) is 30.5 Å². The van der Waals surface area contributed by atoms with Crippen molar-refractivity contribution in [1.82, 2.24) is 15.6 Å². The van der Waals surface area contributed by atoms with Gasteiger partial charge in [0.25, 0.3) is 5.91 Å². The van der Waals surface area contributed by atoms with E-state index in [1.54, 1.807) is 6.07 Å². The minimum atomic E-state index is -0.551. The van der Waals surface area contributed by atoms with E-state index in [0.717, 1.165) is 15.8 Å². The standard InChI is InChI=1S/C22H23Cl2N3O3S/c1-22(2,3)30-16(28)10-25-18-12-7-5-4-6-11(12)8-13(18)27-21(29)14-9-15-19(26-14)17(23)20(24)31-15/h4-7,9,13,18,25-26H,8,10H2,1-3H3,(H,27,29)/t13-,18+/m1/s1. The number of esters is 1. The lowest BCUT2D eigenvalue weighted by Crippen LogP contribution is -2.44. The molecule has 3 N–H and O–H groups in total. The van der Waals surface area contributed by atoms with Crippen LogP contribution < -0.4 is 10.6 Å². The van der Waals surface area contributed by atoms with Gasteiger partial charge in [0.15, 0.2) is 0 Å². The molecule has 4 rings (SSSR count). The maximum absolute atomic E-state index is 13.0. The number of benzene rings is 1. The predicted octanol–water partition coefficient (Wildman–Crippen LogP) is 4.86. The molecule has 0 fully saturated rings. The molecule has 1 amide bonds. The zero-order valence-corrected chi connectivity index (χ0v) is 19.7. The minimum absolute atomic E-state index is 0.0506. The molecule has 2 aromatic heterocycles. The topological polar surface area (TPSA) is 83.2 Å². The average molecular weight is 480 g/mol. The van der Waals surface area contributed by atoms with Gasteiger partial charge in [0.1, 0.15) is 15.6 Å². The molecule has 1 aliphatic rings. The van der Waals surface area contributed by atoms with Crippen LogP contribution in [0, 0.1) is 0 Å². The van der Waals surface area contributed by atoms with Gasteiger partial charge in [-0.25, -0.2) is 0 Å². The Kier molecular flexibility index (Phi) is 6.05. The number of amides is 1. The van der Waals surface area contributed by atoms with Crippen LogP contribution in [0.1, 0.15) is 48.4 Å². The molecule has 0 bridgehead atoms. The maximum atomic E-state index is 13.0. The number of aromatic nitrogens is 1. The highest BCUT2D eigenvalue weighted by molar-refractivity contribution is 7.23. The molecule has 0 spiro atoms. The van der Waals surface area contributed by atoms with Gasteiger partial charge in [0.05, 0.1) is 33.9 Å². The first kappa shape index (κ1) is 22.1. The number of hydrogen-bond acceptors (Lipinski definition) is 5. The Hall–Kier alpha value is -2.06. The van der Waals surface area contributed by atoms with Crippen LogP contribution in [0.4, 0.5) is 0 Å². The third-order valence-corrected chi connectivity index (χ3v) is 6.99. The normalized spacial score (nSPS) is 18.2. The highest BCUT2D eigenvalue weighted by atomic mass is 35.5. The second-order valence-electron chi connectivity index (χ2n) is 8.54. The van der Waals surface area contributed by atoms with Crippen molar-refractivity contribution in [1.29, 1.82) is 0 Å². The average Bonchev–Trinajstić information content (AvgIpc) is 3.32. The maximum Gasteiger partial charge on any atom is 0.320 e. The monoisotopic (exact) mass is 479 g/mol. The number of rotatable bonds is 5. The van der Waals surface area contributed by atoms with Crippen LogP contribution in [0.3, 0.4) is 0 Å². The van der Waals surface area contributed by atoms with E-state index in [9.17, 15) is 9.59 Å². The molecule has 0 aliphatic heterocycles. The summed E-state index contributed by atoms with van der Waals surface area (Å²) in [7, 11) is 0. The second-order valence-corrected chi connectivity index (χ2v) is 10.6. The Morgan fingerprint density at radius 2 is 2.00 bits per heavy atom. The quantitative estimate of drug-likeness (QED) is 0.456. The van der Waals surface area contributed by atoms with Crippen LogP contribution in [0.15, 0.2) is 30.3 Å². The highest BCUT2D eigenvalue weighted by Crippen LogP contribution is 2.39. The van der Waals surface area contributed by atoms with Crippen LogP contribution in [-0.4, -0.2) is 35.0 Å². The van der Waals surface area contributed by atoms with E-state index < -0.39 is 5.60 Å². The molecule has 6 nitrogen and oxygen atoms in total. The molecule has 0 radical (unpaired) electrons. The molecular formula is C22H23Cl2N3O3S. The first-order valence-corrected chi connectivity index (χ1v) is 11.5. The fourth-order valence-electron chi connectivity index (χ4n) is 3.84. The van der Waals surface area contributed by atoms with Crippen molar-refractivity contribution in [3.63, 3.8) is 0 Å². The van der Waals surface area contributed by atoms with Gasteiger partial charge in [-0.1, -0.05) is 47.5 Å². The summed E-state index contributed by atoms with van der Waals surface area (Å²) in [5.74, 6) is -0.574. The largest absolute Gasteiger partial charge is 0.459 e. The summed E-state index contributed by atoms with van der Waals surface area (Å²) in [6.07, 6.45) is 0.662. The molecular weight excluding hydrogens is 457 g/mol. The highest BCUT2D eigenvalue weighted by Gasteiger charge is 2.34. The smallest absolute Gasteiger partial charge is 0.320 e. The number of halogens is 2. The number of nitrogens with one attached hydrogen (secondary N) is 3. The molecule has 9 heteroatoms. The number of carbonyl (C=O) groups excluding carboxylic acids is 2. The lowest BCUT2D eigenvalue weighted by atomic mass is 10.1. The van der Waals surface area contributed by atoms with Crippen molar-refractivity contribution < 1.29 is 14.3 Å². The van der Waals surface area contributed by atoms with Gasteiger partial charge in [-0.2, -0.15) is 0 Å². The van der Waals surface area contributed by atoms with Gasteiger partial charge in [0.2, 0.25) is 0 Å². The van der Waals surface area contributed by atoms with Crippen LogP contribution in [0.5, 0.6) is 0 Å². The van der Waals surface area contributed by atoms with Crippen molar-refractivity contribution in [2.24, 2.45) is 0 Å². The van der Waals surface area contributed by atoms with Crippen molar-refractivity contribution in [2.45, 2.75) is 44.9 Å². The minimum Gasteiger partial charge on any atom is -0.459 e. The predicted molar refractivity (Wildman–Crippen MR) is 124 cm³/mol. The summed E-state index contributed by atoms with van der Waals surface area (Å²) in [4.78, 5) is 28.2. The van der Waals surface area contributed by atoms with Crippen LogP contribution in [0.2, 0.25) is 9.36 Å². The summed E-state index contributed by atoms with van der Waals surface area (Å²) in [6.45, 7) is 5.55. The molecule has 2 atom stereocenters. The van der Waals surface area contributed by atoms with Crippen molar-refractivity contribution >= 4 is 56.6 Å². The number of carbonyl (C=O) groups is 2. The van der Waals surface area contributed by atoms with Crippen molar-refractivity contribution in [3.8, 4) is 0 Å². The number of fused-ring (bicyclic) bond motifs is 2. The Bertz CT molecular complexity index is 1150. The molecule has 0 unspecified atom stereocenters. The van der Waals surface area contributed by atoms with E-state index in [4.69, 9.17) is 27.9 Å². The second kappa shape index (κ2) is 8.47. The first-order valence-electron chi connectivity index (χ1n) is 9.93. The van der Waals surface area contributed by atoms with Crippen molar-refractivity contribution in [3.05, 3.63) is 56.5 Å². The Morgan fingerprint density at radius 3 is 2.71 bits per heavy atom. The van der Waals surface area contributed by atoms with Gasteiger partial charge >= 0.3 is 5.97 Å². The number of hydrogen-bond donors (Lipinski definition) is 3. The Morgan fingerprint density at radius 1 is 1.26 bits per heavy atom. The lowest BCUT2D eigenvalue weighted by molar-refractivity contribution is -0.153. The summed E-state index contributed by atoms with van der Waals surface area (Å²) in [5.41, 5.74) is 2.73. The van der Waals surface area contributed by atoms with E-state index in [0.29, 0.717) is 27.0 Å². The third kappa shape index (κ3) is 4.75. The van der Waals surface area contributed by atoms with Gasteiger partial charge in [-0.05, 0) is 44.4 Å². The van der Waals surface area contributed by atoms with Gasteiger partial charge < -0.3 is 15.0 Å². The van der Waals surface area contributed by atoms with E-state index in [1.807, 2.05) is 45.0 Å². The zero-order valence-electron chi connectivity index (χ0n) is 17.3. The summed E-state index contributed by atoms with van der Waals surface area (Å²) < 4.78 is 6.72. The summed E-state index contributed by atoms with van der Waals surface area (Å²) in [6, 6.07) is 9.30. The fraction of sp³-hybridized carbons (Fsp3) is 0.364. The lowest BCUT2D eigenvalue weighted by Gasteiger charge is -2.24. The number of thiophene rings is 1. The molecule has 0 saturated heterocycles. The van der Waals surface area contributed by atoms with Gasteiger partial charge in [-0.15, -0.1) is 11.3 Å². The molecule has 1 aliphatic carbocycles. The Labute approximate surface area is 194 Å². The third-order valence-electron chi connectivity index (χ3n) is 5.05.